The van der Waals surface area contributed by atoms with E-state index in [2.05, 4.69) is 13.2 Å². The molecule has 168 valence electrons. The molecule has 34 heavy (non-hydrogen) atoms. The molecule has 0 heterocycles. The van der Waals surface area contributed by atoms with Crippen LogP contribution in [0.4, 0.5) is 0 Å². The first-order chi connectivity index (χ1) is 16.5. The van der Waals surface area contributed by atoms with E-state index in [0.29, 0.717) is 44.9 Å². The van der Waals surface area contributed by atoms with E-state index in [0.717, 1.165) is 0 Å². The second kappa shape index (κ2) is 9.79. The molecular weight excluding hydrogens is 428 g/mol. The molecule has 4 aromatic carbocycles. The summed E-state index contributed by atoms with van der Waals surface area (Å²) in [6.45, 7) is 7.03. The maximum Gasteiger partial charge on any atom is 0.194 e. The summed E-state index contributed by atoms with van der Waals surface area (Å²) in [6.07, 6.45) is 2.54. The van der Waals surface area contributed by atoms with Crippen LogP contribution in [0.25, 0.3) is 22.3 Å². The van der Waals surface area contributed by atoms with E-state index in [9.17, 15) is 15.0 Å². The number of hydrogen-bond donors (Lipinski definition) is 2. The van der Waals surface area contributed by atoms with Crippen LogP contribution in [-0.2, 0) is 0 Å². The lowest BCUT2D eigenvalue weighted by Crippen LogP contribution is -2.05. The highest BCUT2D eigenvalue weighted by Gasteiger charge is 2.21. The SMILES string of the molecule is C=COc1ccc(-c2ccccc2C(=O)c2ccccc2-c2ccc(OC=C)cc2O)c(O)c1. The van der Waals surface area contributed by atoms with Crippen molar-refractivity contribution in [3.8, 4) is 45.3 Å². The molecule has 0 amide bonds. The molecule has 5 nitrogen and oxygen atoms in total. The molecule has 0 unspecified atom stereocenters. The van der Waals surface area contributed by atoms with Gasteiger partial charge in [0.05, 0.1) is 12.5 Å². The Hall–Kier alpha value is -4.77. The predicted octanol–water partition coefficient (Wildman–Crippen LogP) is 6.71. The molecule has 0 aliphatic carbocycles. The third kappa shape index (κ3) is 4.40. The second-order valence-electron chi connectivity index (χ2n) is 7.35. The number of carbonyl (C=O) groups excluding carboxylic acids is 1. The van der Waals surface area contributed by atoms with Crippen molar-refractivity contribution in [1.29, 1.82) is 0 Å². The van der Waals surface area contributed by atoms with Gasteiger partial charge in [-0.15, -0.1) is 0 Å². The fraction of sp³-hybridized carbons (Fsp3) is 0. The average Bonchev–Trinajstić information content (AvgIpc) is 2.84. The minimum atomic E-state index is -0.247. The van der Waals surface area contributed by atoms with Crippen molar-refractivity contribution in [2.75, 3.05) is 0 Å². The van der Waals surface area contributed by atoms with Crippen molar-refractivity contribution in [2.24, 2.45) is 0 Å². The Bertz CT molecular complexity index is 1280. The summed E-state index contributed by atoms with van der Waals surface area (Å²) in [6, 6.07) is 23.8. The molecular formula is C29H22O5. The van der Waals surface area contributed by atoms with Gasteiger partial charge in [-0.1, -0.05) is 61.7 Å². The van der Waals surface area contributed by atoms with E-state index in [1.165, 1.54) is 24.7 Å². The van der Waals surface area contributed by atoms with Gasteiger partial charge in [0, 0.05) is 34.4 Å². The third-order valence-electron chi connectivity index (χ3n) is 5.30. The summed E-state index contributed by atoms with van der Waals surface area (Å²) < 4.78 is 10.4. The number of ether oxygens (including phenoxy) is 2. The molecule has 0 fully saturated rings. The summed E-state index contributed by atoms with van der Waals surface area (Å²) in [5.41, 5.74) is 2.95. The molecule has 0 saturated heterocycles. The quantitative estimate of drug-likeness (QED) is 0.231. The molecule has 4 rings (SSSR count). The Morgan fingerprint density at radius 3 is 1.41 bits per heavy atom. The van der Waals surface area contributed by atoms with Crippen molar-refractivity contribution >= 4 is 5.78 Å². The molecule has 5 heteroatoms. The van der Waals surface area contributed by atoms with Gasteiger partial charge in [-0.3, -0.25) is 4.79 Å². The molecule has 0 spiro atoms. The van der Waals surface area contributed by atoms with Crippen molar-refractivity contribution in [1.82, 2.24) is 0 Å². The summed E-state index contributed by atoms with van der Waals surface area (Å²) in [5.74, 6) is 0.573. The molecule has 4 aromatic rings. The number of aromatic hydroxyl groups is 2. The largest absolute Gasteiger partial charge is 0.507 e. The number of carbonyl (C=O) groups is 1. The first kappa shape index (κ1) is 22.4. The van der Waals surface area contributed by atoms with E-state index in [1.54, 1.807) is 72.8 Å². The first-order valence-corrected chi connectivity index (χ1v) is 10.5. The van der Waals surface area contributed by atoms with Crippen molar-refractivity contribution < 1.29 is 24.5 Å². The standard InChI is InChI=1S/C29H22O5/c1-3-33-19-13-15-23(27(30)17-19)21-9-5-7-11-25(21)29(32)26-12-8-6-10-22(26)24-16-14-20(34-4-2)18-28(24)31/h3-18,30-31H,1-2H2. The Morgan fingerprint density at radius 1 is 0.618 bits per heavy atom. The van der Waals surface area contributed by atoms with Gasteiger partial charge in [0.2, 0.25) is 0 Å². The maximum atomic E-state index is 13.8. The van der Waals surface area contributed by atoms with Crippen LogP contribution in [0.3, 0.4) is 0 Å². The number of hydrogen-bond acceptors (Lipinski definition) is 5. The van der Waals surface area contributed by atoms with E-state index in [1.807, 2.05) is 0 Å². The summed E-state index contributed by atoms with van der Waals surface area (Å²) in [4.78, 5) is 13.8. The Labute approximate surface area is 197 Å². The lowest BCUT2D eigenvalue weighted by Gasteiger charge is -2.15. The number of phenols is 2. The lowest BCUT2D eigenvalue weighted by molar-refractivity contribution is 0.104. The van der Waals surface area contributed by atoms with E-state index < -0.39 is 0 Å². The minimum Gasteiger partial charge on any atom is -0.507 e. The zero-order valence-electron chi connectivity index (χ0n) is 18.3. The monoisotopic (exact) mass is 450 g/mol. The van der Waals surface area contributed by atoms with Gasteiger partial charge < -0.3 is 19.7 Å². The molecule has 0 saturated carbocycles. The number of benzene rings is 4. The van der Waals surface area contributed by atoms with Crippen LogP contribution in [0.1, 0.15) is 15.9 Å². The molecule has 0 radical (unpaired) electrons. The topological polar surface area (TPSA) is 76.0 Å². The fourth-order valence-corrected chi connectivity index (χ4v) is 3.79. The van der Waals surface area contributed by atoms with Crippen LogP contribution in [0.5, 0.6) is 23.0 Å². The Morgan fingerprint density at radius 2 is 1.03 bits per heavy atom. The smallest absolute Gasteiger partial charge is 0.194 e. The van der Waals surface area contributed by atoms with Crippen LogP contribution < -0.4 is 9.47 Å². The molecule has 2 N–H and O–H groups in total. The highest BCUT2D eigenvalue weighted by Crippen LogP contribution is 2.38. The lowest BCUT2D eigenvalue weighted by atomic mass is 9.89. The summed E-state index contributed by atoms with van der Waals surface area (Å²) >= 11 is 0. The Balaban J connectivity index is 1.80. The van der Waals surface area contributed by atoms with Crippen LogP contribution in [0, 0.1) is 0 Å². The highest BCUT2D eigenvalue weighted by molar-refractivity contribution is 6.16. The van der Waals surface area contributed by atoms with Gasteiger partial charge >= 0.3 is 0 Å². The van der Waals surface area contributed by atoms with Crippen LogP contribution >= 0.6 is 0 Å². The second-order valence-corrected chi connectivity index (χ2v) is 7.35. The van der Waals surface area contributed by atoms with Gasteiger partial charge in [0.15, 0.2) is 5.78 Å². The van der Waals surface area contributed by atoms with Crippen LogP contribution in [0.15, 0.2) is 111 Å². The minimum absolute atomic E-state index is 0.0247. The van der Waals surface area contributed by atoms with Crippen molar-refractivity contribution in [2.45, 2.75) is 0 Å². The molecule has 0 atom stereocenters. The fourth-order valence-electron chi connectivity index (χ4n) is 3.79. The van der Waals surface area contributed by atoms with E-state index >= 15 is 0 Å². The van der Waals surface area contributed by atoms with Gasteiger partial charge in [-0.25, -0.2) is 0 Å². The molecule has 0 aliphatic rings. The first-order valence-electron chi connectivity index (χ1n) is 10.5. The number of rotatable bonds is 8. The van der Waals surface area contributed by atoms with Crippen LogP contribution in [0.2, 0.25) is 0 Å². The van der Waals surface area contributed by atoms with Crippen LogP contribution in [-0.4, -0.2) is 16.0 Å². The predicted molar refractivity (Wildman–Crippen MR) is 132 cm³/mol. The zero-order chi connectivity index (χ0) is 24.1. The third-order valence-corrected chi connectivity index (χ3v) is 5.30. The van der Waals surface area contributed by atoms with Gasteiger partial charge in [-0.05, 0) is 35.4 Å². The van der Waals surface area contributed by atoms with Gasteiger partial charge in [0.25, 0.3) is 0 Å². The van der Waals surface area contributed by atoms with E-state index in [4.69, 9.17) is 9.47 Å². The zero-order valence-corrected chi connectivity index (χ0v) is 18.3. The maximum absolute atomic E-state index is 13.8. The molecule has 0 bridgehead atoms. The highest BCUT2D eigenvalue weighted by atomic mass is 16.5. The molecule has 0 aromatic heterocycles. The number of ketones is 1. The van der Waals surface area contributed by atoms with Crippen molar-refractivity contribution in [3.63, 3.8) is 0 Å². The summed E-state index contributed by atoms with van der Waals surface area (Å²) in [5, 5.41) is 21.2. The van der Waals surface area contributed by atoms with Crippen molar-refractivity contribution in [3.05, 3.63) is 122 Å². The Kier molecular flexibility index (Phi) is 6.46. The van der Waals surface area contributed by atoms with E-state index in [-0.39, 0.29) is 17.3 Å². The van der Waals surface area contributed by atoms with Gasteiger partial charge in [0.1, 0.15) is 23.0 Å². The van der Waals surface area contributed by atoms with Gasteiger partial charge in [-0.2, -0.15) is 0 Å². The normalized spacial score (nSPS) is 10.4. The molecule has 0 aliphatic heterocycles. The summed E-state index contributed by atoms with van der Waals surface area (Å²) in [7, 11) is 0. The average molecular weight is 450 g/mol. The number of phenolic OH excluding ortho intramolecular Hbond substituents is 2.